The molecule has 0 spiro atoms. The molecule has 2 unspecified atom stereocenters. The van der Waals surface area contributed by atoms with Gasteiger partial charge < -0.3 is 5.32 Å². The molecule has 4 nitrogen and oxygen atoms in total. The Labute approximate surface area is 129 Å². The average molecular weight is 304 g/mol. The van der Waals surface area contributed by atoms with Crippen molar-refractivity contribution in [2.45, 2.75) is 38.2 Å². The number of nitrogens with one attached hydrogen (secondary N) is 1. The molecule has 1 aromatic heterocycles. The number of amides is 1. The van der Waals surface area contributed by atoms with Crippen molar-refractivity contribution in [2.24, 2.45) is 0 Å². The summed E-state index contributed by atoms with van der Waals surface area (Å²) >= 11 is 6.42. The van der Waals surface area contributed by atoms with E-state index in [2.05, 4.69) is 16.5 Å². The summed E-state index contributed by atoms with van der Waals surface area (Å²) in [6, 6.07) is 9.75. The number of benzene rings is 1. The van der Waals surface area contributed by atoms with Crippen LogP contribution in [-0.2, 0) is 13.0 Å². The van der Waals surface area contributed by atoms with Crippen LogP contribution in [0.4, 0.5) is 0 Å². The lowest BCUT2D eigenvalue weighted by atomic mass is 10.1. The Hall–Kier alpha value is -1.81. The standard InChI is InChI=1S/C16H18ClN3O/c1-3-20-14(8-10(2)19-20)16(21)18-15-12-7-5-4-6-11(12)9-13(15)17/h4-8,13,15H,3,9H2,1-2H3,(H,18,21). The second-order valence-corrected chi connectivity index (χ2v) is 5.92. The van der Waals surface area contributed by atoms with Crippen LogP contribution in [0, 0.1) is 6.92 Å². The molecular formula is C16H18ClN3O. The van der Waals surface area contributed by atoms with Gasteiger partial charge >= 0.3 is 0 Å². The number of carbonyl (C=O) groups is 1. The molecule has 1 amide bonds. The summed E-state index contributed by atoms with van der Waals surface area (Å²) in [6.07, 6.45) is 0.786. The van der Waals surface area contributed by atoms with E-state index in [1.54, 1.807) is 4.68 Å². The van der Waals surface area contributed by atoms with Crippen LogP contribution in [0.1, 0.15) is 40.3 Å². The smallest absolute Gasteiger partial charge is 0.270 e. The van der Waals surface area contributed by atoms with Crippen LogP contribution in [-0.4, -0.2) is 21.1 Å². The zero-order valence-electron chi connectivity index (χ0n) is 12.1. The molecule has 0 aliphatic heterocycles. The number of nitrogens with zero attached hydrogens (tertiary/aromatic N) is 2. The Morgan fingerprint density at radius 1 is 1.48 bits per heavy atom. The highest BCUT2D eigenvalue weighted by atomic mass is 35.5. The monoisotopic (exact) mass is 303 g/mol. The van der Waals surface area contributed by atoms with Crippen LogP contribution < -0.4 is 5.32 Å². The van der Waals surface area contributed by atoms with Crippen LogP contribution in [0.2, 0.25) is 0 Å². The fourth-order valence-electron chi connectivity index (χ4n) is 2.90. The van der Waals surface area contributed by atoms with Crippen molar-refractivity contribution in [3.63, 3.8) is 0 Å². The molecular weight excluding hydrogens is 286 g/mol. The van der Waals surface area contributed by atoms with Crippen molar-refractivity contribution in [2.75, 3.05) is 0 Å². The number of fused-ring (bicyclic) bond motifs is 1. The molecule has 1 aromatic carbocycles. The van der Waals surface area contributed by atoms with Gasteiger partial charge in [0.25, 0.3) is 5.91 Å². The van der Waals surface area contributed by atoms with Gasteiger partial charge in [-0.25, -0.2) is 0 Å². The normalized spacial score (nSPS) is 20.3. The van der Waals surface area contributed by atoms with E-state index in [1.165, 1.54) is 5.56 Å². The van der Waals surface area contributed by atoms with Crippen molar-refractivity contribution in [3.05, 3.63) is 52.8 Å². The fourth-order valence-corrected chi connectivity index (χ4v) is 3.26. The molecule has 2 aromatic rings. The number of alkyl halides is 1. The molecule has 0 saturated carbocycles. The minimum absolute atomic E-state index is 0.106. The summed E-state index contributed by atoms with van der Waals surface area (Å²) in [5, 5.41) is 7.26. The number of aromatic nitrogens is 2. The first kappa shape index (κ1) is 14.1. The lowest BCUT2D eigenvalue weighted by Crippen LogP contribution is -2.33. The number of hydrogen-bond donors (Lipinski definition) is 1. The van der Waals surface area contributed by atoms with Crippen molar-refractivity contribution >= 4 is 17.5 Å². The topological polar surface area (TPSA) is 46.9 Å². The van der Waals surface area contributed by atoms with Gasteiger partial charge in [-0.3, -0.25) is 9.48 Å². The van der Waals surface area contributed by atoms with Gasteiger partial charge in [-0.2, -0.15) is 5.10 Å². The van der Waals surface area contributed by atoms with Gasteiger partial charge in [-0.15, -0.1) is 11.6 Å². The maximum absolute atomic E-state index is 12.5. The molecule has 0 radical (unpaired) electrons. The summed E-state index contributed by atoms with van der Waals surface area (Å²) in [6.45, 7) is 4.53. The van der Waals surface area contributed by atoms with Gasteiger partial charge in [-0.05, 0) is 37.5 Å². The summed E-state index contributed by atoms with van der Waals surface area (Å²) in [5.41, 5.74) is 3.76. The van der Waals surface area contributed by atoms with E-state index in [1.807, 2.05) is 38.1 Å². The molecule has 110 valence electrons. The third-order valence-corrected chi connectivity index (χ3v) is 4.29. The lowest BCUT2D eigenvalue weighted by Gasteiger charge is -2.17. The van der Waals surface area contributed by atoms with Gasteiger partial charge in [0.15, 0.2) is 0 Å². The SMILES string of the molecule is CCn1nc(C)cc1C(=O)NC1c2ccccc2CC1Cl. The molecule has 1 heterocycles. The van der Waals surface area contributed by atoms with Gasteiger partial charge in [-0.1, -0.05) is 24.3 Å². The van der Waals surface area contributed by atoms with E-state index in [0.717, 1.165) is 17.7 Å². The number of hydrogen-bond acceptors (Lipinski definition) is 2. The number of aryl methyl sites for hydroxylation is 2. The quantitative estimate of drug-likeness (QED) is 0.886. The number of rotatable bonds is 3. The molecule has 2 atom stereocenters. The Bertz CT molecular complexity index is 680. The summed E-state index contributed by atoms with van der Waals surface area (Å²) in [4.78, 5) is 12.5. The minimum atomic E-state index is -0.143. The second kappa shape index (κ2) is 5.53. The van der Waals surface area contributed by atoms with Crippen LogP contribution in [0.5, 0.6) is 0 Å². The molecule has 1 N–H and O–H groups in total. The molecule has 1 aliphatic rings. The van der Waals surface area contributed by atoms with E-state index in [0.29, 0.717) is 12.2 Å². The number of carbonyl (C=O) groups excluding carboxylic acids is 1. The molecule has 5 heteroatoms. The molecule has 0 fully saturated rings. The first-order valence-electron chi connectivity index (χ1n) is 7.17. The Morgan fingerprint density at radius 2 is 2.24 bits per heavy atom. The van der Waals surface area contributed by atoms with Gasteiger partial charge in [0.05, 0.1) is 17.1 Å². The van der Waals surface area contributed by atoms with Crippen molar-refractivity contribution in [3.8, 4) is 0 Å². The van der Waals surface area contributed by atoms with Gasteiger partial charge in [0, 0.05) is 6.54 Å². The molecule has 3 rings (SSSR count). The lowest BCUT2D eigenvalue weighted by molar-refractivity contribution is 0.0926. The Kier molecular flexibility index (Phi) is 3.72. The van der Waals surface area contributed by atoms with Crippen molar-refractivity contribution in [1.29, 1.82) is 0 Å². The Balaban J connectivity index is 1.85. The maximum Gasteiger partial charge on any atom is 0.270 e. The predicted octanol–water partition coefficient (Wildman–Crippen LogP) is 2.85. The summed E-state index contributed by atoms with van der Waals surface area (Å²) < 4.78 is 1.72. The van der Waals surface area contributed by atoms with E-state index in [4.69, 9.17) is 11.6 Å². The zero-order valence-corrected chi connectivity index (χ0v) is 12.9. The highest BCUT2D eigenvalue weighted by Gasteiger charge is 2.32. The zero-order chi connectivity index (χ0) is 15.0. The summed E-state index contributed by atoms with van der Waals surface area (Å²) in [5.74, 6) is -0.121. The first-order valence-corrected chi connectivity index (χ1v) is 7.61. The molecule has 1 aliphatic carbocycles. The van der Waals surface area contributed by atoms with Crippen LogP contribution in [0.3, 0.4) is 0 Å². The fraction of sp³-hybridized carbons (Fsp3) is 0.375. The van der Waals surface area contributed by atoms with E-state index < -0.39 is 0 Å². The third kappa shape index (κ3) is 2.56. The molecule has 21 heavy (non-hydrogen) atoms. The highest BCUT2D eigenvalue weighted by Crippen LogP contribution is 2.34. The van der Waals surface area contributed by atoms with E-state index >= 15 is 0 Å². The second-order valence-electron chi connectivity index (χ2n) is 5.36. The largest absolute Gasteiger partial charge is 0.342 e. The summed E-state index contributed by atoms with van der Waals surface area (Å²) in [7, 11) is 0. The minimum Gasteiger partial charge on any atom is -0.342 e. The predicted molar refractivity (Wildman–Crippen MR) is 82.6 cm³/mol. The Morgan fingerprint density at radius 3 is 3.00 bits per heavy atom. The third-order valence-electron chi connectivity index (χ3n) is 3.89. The molecule has 0 bridgehead atoms. The highest BCUT2D eigenvalue weighted by molar-refractivity contribution is 6.21. The maximum atomic E-state index is 12.5. The van der Waals surface area contributed by atoms with E-state index in [-0.39, 0.29) is 17.3 Å². The van der Waals surface area contributed by atoms with Crippen molar-refractivity contribution in [1.82, 2.24) is 15.1 Å². The van der Waals surface area contributed by atoms with Crippen LogP contribution in [0.25, 0.3) is 0 Å². The first-order chi connectivity index (χ1) is 10.1. The van der Waals surface area contributed by atoms with Crippen molar-refractivity contribution < 1.29 is 4.79 Å². The van der Waals surface area contributed by atoms with Crippen LogP contribution in [0.15, 0.2) is 30.3 Å². The van der Waals surface area contributed by atoms with Gasteiger partial charge in [0.1, 0.15) is 5.69 Å². The van der Waals surface area contributed by atoms with E-state index in [9.17, 15) is 4.79 Å². The number of halogens is 1. The molecule has 0 saturated heterocycles. The average Bonchev–Trinajstić information content (AvgIpc) is 3.00. The van der Waals surface area contributed by atoms with Gasteiger partial charge in [0.2, 0.25) is 0 Å². The van der Waals surface area contributed by atoms with Crippen LogP contribution >= 0.6 is 11.6 Å².